The Balaban J connectivity index is 2.44. The molecule has 0 saturated heterocycles. The highest BCUT2D eigenvalue weighted by atomic mass is 19.1. The lowest BCUT2D eigenvalue weighted by Gasteiger charge is -2.19. The molecule has 2 rings (SSSR count). The lowest BCUT2D eigenvalue weighted by atomic mass is 9.97. The van der Waals surface area contributed by atoms with E-state index in [1.807, 2.05) is 0 Å². The van der Waals surface area contributed by atoms with E-state index in [-0.39, 0.29) is 11.6 Å². The van der Waals surface area contributed by atoms with Gasteiger partial charge in [-0.1, -0.05) is 24.3 Å². The second-order valence-electron chi connectivity index (χ2n) is 6.11. The maximum Gasteiger partial charge on any atom is 0.331 e. The molecule has 0 heterocycles. The smallest absolute Gasteiger partial charge is 0.331 e. The molecule has 0 bridgehead atoms. The van der Waals surface area contributed by atoms with Gasteiger partial charge in [0.1, 0.15) is 17.2 Å². The Morgan fingerprint density at radius 3 is 1.61 bits per heavy atom. The number of hydrogen-bond acceptors (Lipinski definition) is 2. The van der Waals surface area contributed by atoms with Gasteiger partial charge in [0.25, 0.3) is 0 Å². The van der Waals surface area contributed by atoms with Crippen LogP contribution in [0.1, 0.15) is 31.9 Å². The van der Waals surface area contributed by atoms with Crippen molar-refractivity contribution in [3.63, 3.8) is 0 Å². The molecule has 23 heavy (non-hydrogen) atoms. The Labute approximate surface area is 134 Å². The van der Waals surface area contributed by atoms with Crippen LogP contribution in [0.5, 0.6) is 0 Å². The summed E-state index contributed by atoms with van der Waals surface area (Å²) in [7, 11) is 0. The van der Waals surface area contributed by atoms with Gasteiger partial charge in [0.15, 0.2) is 0 Å². The summed E-state index contributed by atoms with van der Waals surface area (Å²) < 4.78 is 31.6. The van der Waals surface area contributed by atoms with Crippen LogP contribution in [0.2, 0.25) is 0 Å². The number of esters is 1. The highest BCUT2D eigenvalue weighted by molar-refractivity contribution is 5.96. The van der Waals surface area contributed by atoms with Crippen LogP contribution in [0.4, 0.5) is 8.78 Å². The first-order chi connectivity index (χ1) is 10.7. The van der Waals surface area contributed by atoms with Gasteiger partial charge in [0.2, 0.25) is 0 Å². The van der Waals surface area contributed by atoms with Crippen molar-refractivity contribution < 1.29 is 18.3 Å². The van der Waals surface area contributed by atoms with E-state index in [0.717, 1.165) is 0 Å². The van der Waals surface area contributed by atoms with E-state index < -0.39 is 11.6 Å². The van der Waals surface area contributed by atoms with Crippen LogP contribution in [-0.2, 0) is 9.53 Å². The van der Waals surface area contributed by atoms with Gasteiger partial charge >= 0.3 is 5.97 Å². The standard InChI is InChI=1S/C19H18F2O2/c1-19(2,3)23-18(22)12-17(13-4-8-15(20)9-5-13)14-6-10-16(21)11-7-14/h4-12H,1-3H3. The fourth-order valence-corrected chi connectivity index (χ4v) is 2.04. The van der Waals surface area contributed by atoms with Crippen molar-refractivity contribution >= 4 is 11.5 Å². The number of ether oxygens (including phenoxy) is 1. The van der Waals surface area contributed by atoms with E-state index in [0.29, 0.717) is 16.7 Å². The third kappa shape index (κ3) is 5.02. The van der Waals surface area contributed by atoms with E-state index in [9.17, 15) is 13.6 Å². The first kappa shape index (κ1) is 16.9. The molecule has 0 amide bonds. The van der Waals surface area contributed by atoms with Crippen molar-refractivity contribution in [2.45, 2.75) is 26.4 Å². The average molecular weight is 316 g/mol. The van der Waals surface area contributed by atoms with E-state index in [1.54, 1.807) is 45.0 Å². The molecule has 0 fully saturated rings. The maximum atomic E-state index is 13.1. The molecule has 2 nitrogen and oxygen atoms in total. The normalized spacial score (nSPS) is 11.0. The van der Waals surface area contributed by atoms with Gasteiger partial charge in [-0.25, -0.2) is 13.6 Å². The van der Waals surface area contributed by atoms with Crippen molar-refractivity contribution in [1.29, 1.82) is 0 Å². The zero-order valence-corrected chi connectivity index (χ0v) is 13.3. The number of benzene rings is 2. The molecule has 0 radical (unpaired) electrons. The molecule has 0 spiro atoms. The van der Waals surface area contributed by atoms with E-state index >= 15 is 0 Å². The molecule has 2 aromatic carbocycles. The first-order valence-corrected chi connectivity index (χ1v) is 7.21. The Morgan fingerprint density at radius 2 is 1.26 bits per heavy atom. The summed E-state index contributed by atoms with van der Waals surface area (Å²) in [5.74, 6) is -1.25. The molecule has 0 aliphatic heterocycles. The number of carbonyl (C=O) groups excluding carboxylic acids is 1. The second kappa shape index (κ2) is 6.73. The molecule has 0 saturated carbocycles. The SMILES string of the molecule is CC(C)(C)OC(=O)C=C(c1ccc(F)cc1)c1ccc(F)cc1. The Bertz CT molecular complexity index is 661. The Morgan fingerprint density at radius 1 is 0.870 bits per heavy atom. The summed E-state index contributed by atoms with van der Waals surface area (Å²) in [6.45, 7) is 5.32. The van der Waals surface area contributed by atoms with Crippen LogP contribution in [-0.4, -0.2) is 11.6 Å². The Hall–Kier alpha value is -2.49. The van der Waals surface area contributed by atoms with E-state index in [2.05, 4.69) is 0 Å². The van der Waals surface area contributed by atoms with Gasteiger partial charge in [0, 0.05) is 6.08 Å². The number of carbonyl (C=O) groups is 1. The summed E-state index contributed by atoms with van der Waals surface area (Å²) in [6.07, 6.45) is 1.34. The summed E-state index contributed by atoms with van der Waals surface area (Å²) in [4.78, 5) is 12.1. The highest BCUT2D eigenvalue weighted by Gasteiger charge is 2.16. The van der Waals surface area contributed by atoms with Gasteiger partial charge in [-0.15, -0.1) is 0 Å². The average Bonchev–Trinajstić information content (AvgIpc) is 2.45. The zero-order chi connectivity index (χ0) is 17.0. The largest absolute Gasteiger partial charge is 0.457 e. The van der Waals surface area contributed by atoms with E-state index in [4.69, 9.17) is 4.74 Å². The molecule has 0 aliphatic carbocycles. The lowest BCUT2D eigenvalue weighted by Crippen LogP contribution is -2.22. The molecule has 120 valence electrons. The summed E-state index contributed by atoms with van der Waals surface area (Å²) >= 11 is 0. The molecular formula is C19H18F2O2. The minimum atomic E-state index is -0.621. The van der Waals surface area contributed by atoms with Crippen molar-refractivity contribution in [3.8, 4) is 0 Å². The van der Waals surface area contributed by atoms with Crippen molar-refractivity contribution in [2.75, 3.05) is 0 Å². The molecule has 0 atom stereocenters. The molecule has 2 aromatic rings. The quantitative estimate of drug-likeness (QED) is 0.604. The van der Waals surface area contributed by atoms with Crippen LogP contribution in [0.15, 0.2) is 54.6 Å². The third-order valence-corrected chi connectivity index (χ3v) is 2.98. The summed E-state index contributed by atoms with van der Waals surface area (Å²) in [5, 5.41) is 0. The van der Waals surface area contributed by atoms with Crippen LogP contribution in [0.25, 0.3) is 5.57 Å². The topological polar surface area (TPSA) is 26.3 Å². The number of hydrogen-bond donors (Lipinski definition) is 0. The second-order valence-corrected chi connectivity index (χ2v) is 6.11. The van der Waals surface area contributed by atoms with Crippen LogP contribution in [0, 0.1) is 11.6 Å². The van der Waals surface area contributed by atoms with Crippen LogP contribution >= 0.6 is 0 Å². The lowest BCUT2D eigenvalue weighted by molar-refractivity contribution is -0.148. The molecule has 0 N–H and O–H groups in total. The number of rotatable bonds is 3. The fraction of sp³-hybridized carbons (Fsp3) is 0.211. The highest BCUT2D eigenvalue weighted by Crippen LogP contribution is 2.24. The Kier molecular flexibility index (Phi) is 4.94. The zero-order valence-electron chi connectivity index (χ0n) is 13.3. The van der Waals surface area contributed by atoms with Gasteiger partial charge in [-0.05, 0) is 61.7 Å². The molecule has 0 aliphatic rings. The molecular weight excluding hydrogens is 298 g/mol. The van der Waals surface area contributed by atoms with Crippen molar-refractivity contribution in [3.05, 3.63) is 77.4 Å². The minimum Gasteiger partial charge on any atom is -0.457 e. The minimum absolute atomic E-state index is 0.371. The fourth-order valence-electron chi connectivity index (χ4n) is 2.04. The maximum absolute atomic E-state index is 13.1. The molecule has 0 aromatic heterocycles. The predicted molar refractivity (Wildman–Crippen MR) is 85.7 cm³/mol. The van der Waals surface area contributed by atoms with Gasteiger partial charge < -0.3 is 4.74 Å². The van der Waals surface area contributed by atoms with Crippen molar-refractivity contribution in [2.24, 2.45) is 0 Å². The summed E-state index contributed by atoms with van der Waals surface area (Å²) in [5.41, 5.74) is 1.21. The monoisotopic (exact) mass is 316 g/mol. The molecule has 0 unspecified atom stereocenters. The number of halogens is 2. The predicted octanol–water partition coefficient (Wildman–Crippen LogP) is 4.74. The van der Waals surface area contributed by atoms with Crippen LogP contribution < -0.4 is 0 Å². The van der Waals surface area contributed by atoms with Gasteiger partial charge in [0.05, 0.1) is 0 Å². The van der Waals surface area contributed by atoms with Gasteiger partial charge in [-0.3, -0.25) is 0 Å². The summed E-state index contributed by atoms with van der Waals surface area (Å²) in [6, 6.07) is 11.5. The van der Waals surface area contributed by atoms with Crippen LogP contribution in [0.3, 0.4) is 0 Å². The first-order valence-electron chi connectivity index (χ1n) is 7.21. The third-order valence-electron chi connectivity index (χ3n) is 2.98. The van der Waals surface area contributed by atoms with Crippen molar-refractivity contribution in [1.82, 2.24) is 0 Å². The van der Waals surface area contributed by atoms with E-state index in [1.165, 1.54) is 30.3 Å². The van der Waals surface area contributed by atoms with Gasteiger partial charge in [-0.2, -0.15) is 0 Å². The molecule has 4 heteroatoms.